The summed E-state index contributed by atoms with van der Waals surface area (Å²) in [5, 5.41) is 1.15. The molecule has 0 spiro atoms. The fraction of sp³-hybridized carbons (Fsp3) is 0.160. The monoisotopic (exact) mass is 383 g/mol. The SMILES string of the molecule is Cc1[nH]c2ccccc2c1C(CC(=O)c1ccccc1)c1ccc2c(c1)OCO2. The highest BCUT2D eigenvalue weighted by atomic mass is 16.7. The van der Waals surface area contributed by atoms with Gasteiger partial charge < -0.3 is 14.5 Å². The Morgan fingerprint density at radius 3 is 2.59 bits per heavy atom. The number of fused-ring (bicyclic) bond motifs is 2. The molecule has 4 aromatic rings. The van der Waals surface area contributed by atoms with E-state index in [1.807, 2.05) is 60.7 Å². The largest absolute Gasteiger partial charge is 0.454 e. The summed E-state index contributed by atoms with van der Waals surface area (Å²) in [6, 6.07) is 23.7. The number of nitrogens with one attached hydrogen (secondary N) is 1. The van der Waals surface area contributed by atoms with Gasteiger partial charge in [-0.25, -0.2) is 0 Å². The molecule has 2 heterocycles. The van der Waals surface area contributed by atoms with Crippen molar-refractivity contribution < 1.29 is 14.3 Å². The van der Waals surface area contributed by atoms with Gasteiger partial charge in [-0.1, -0.05) is 54.6 Å². The molecule has 4 heteroatoms. The van der Waals surface area contributed by atoms with Crippen LogP contribution in [0.4, 0.5) is 0 Å². The van der Waals surface area contributed by atoms with E-state index in [4.69, 9.17) is 9.47 Å². The number of benzene rings is 3. The van der Waals surface area contributed by atoms with E-state index < -0.39 is 0 Å². The topological polar surface area (TPSA) is 51.3 Å². The summed E-state index contributed by atoms with van der Waals surface area (Å²) in [4.78, 5) is 16.6. The van der Waals surface area contributed by atoms with Gasteiger partial charge in [0.15, 0.2) is 17.3 Å². The van der Waals surface area contributed by atoms with Crippen molar-refractivity contribution in [2.24, 2.45) is 0 Å². The Labute approximate surface area is 169 Å². The molecule has 1 aromatic heterocycles. The molecule has 29 heavy (non-hydrogen) atoms. The minimum absolute atomic E-state index is 0.0895. The summed E-state index contributed by atoms with van der Waals surface area (Å²) in [5.41, 5.74) is 5.10. The van der Waals surface area contributed by atoms with Crippen LogP contribution in [0.5, 0.6) is 11.5 Å². The van der Waals surface area contributed by atoms with Crippen LogP contribution in [0.2, 0.25) is 0 Å². The molecule has 3 aromatic carbocycles. The van der Waals surface area contributed by atoms with E-state index >= 15 is 0 Å². The van der Waals surface area contributed by atoms with E-state index in [0.717, 1.165) is 44.8 Å². The Kier molecular flexibility index (Phi) is 4.32. The Morgan fingerprint density at radius 1 is 0.966 bits per heavy atom. The van der Waals surface area contributed by atoms with Crippen LogP contribution in [0.25, 0.3) is 10.9 Å². The summed E-state index contributed by atoms with van der Waals surface area (Å²) >= 11 is 0. The van der Waals surface area contributed by atoms with Gasteiger partial charge in [-0.05, 0) is 36.2 Å². The molecule has 0 saturated heterocycles. The first kappa shape index (κ1) is 17.6. The zero-order chi connectivity index (χ0) is 19.8. The highest BCUT2D eigenvalue weighted by Crippen LogP contribution is 2.41. The number of ether oxygens (including phenoxy) is 2. The fourth-order valence-corrected chi connectivity index (χ4v) is 4.19. The molecule has 1 atom stereocenters. The number of carbonyl (C=O) groups excluding carboxylic acids is 1. The zero-order valence-electron chi connectivity index (χ0n) is 16.1. The molecular weight excluding hydrogens is 362 g/mol. The lowest BCUT2D eigenvalue weighted by Crippen LogP contribution is -2.10. The van der Waals surface area contributed by atoms with Crippen LogP contribution < -0.4 is 9.47 Å². The maximum atomic E-state index is 13.1. The van der Waals surface area contributed by atoms with Gasteiger partial charge in [0.1, 0.15) is 0 Å². The number of Topliss-reactive ketones (excluding diaryl/α,β-unsaturated/α-hetero) is 1. The Hall–Kier alpha value is -3.53. The van der Waals surface area contributed by atoms with Crippen molar-refractivity contribution in [2.75, 3.05) is 6.79 Å². The molecule has 1 aliphatic rings. The lowest BCUT2D eigenvalue weighted by Gasteiger charge is -2.19. The second kappa shape index (κ2) is 7.13. The van der Waals surface area contributed by atoms with E-state index in [-0.39, 0.29) is 18.5 Å². The van der Waals surface area contributed by atoms with Crippen molar-refractivity contribution in [3.05, 3.63) is 95.2 Å². The van der Waals surface area contributed by atoms with Gasteiger partial charge in [0.2, 0.25) is 6.79 Å². The lowest BCUT2D eigenvalue weighted by molar-refractivity contribution is 0.0977. The minimum atomic E-state index is -0.0895. The summed E-state index contributed by atoms with van der Waals surface area (Å²) in [5.74, 6) is 1.51. The third kappa shape index (κ3) is 3.17. The van der Waals surface area contributed by atoms with Crippen LogP contribution in [-0.2, 0) is 0 Å². The van der Waals surface area contributed by atoms with Crippen molar-refractivity contribution in [2.45, 2.75) is 19.3 Å². The van der Waals surface area contributed by atoms with Crippen LogP contribution in [0, 0.1) is 6.92 Å². The maximum Gasteiger partial charge on any atom is 0.231 e. The van der Waals surface area contributed by atoms with Crippen molar-refractivity contribution >= 4 is 16.7 Å². The number of carbonyl (C=O) groups is 1. The maximum absolute atomic E-state index is 13.1. The van der Waals surface area contributed by atoms with E-state index in [0.29, 0.717) is 6.42 Å². The first-order valence-electron chi connectivity index (χ1n) is 9.75. The van der Waals surface area contributed by atoms with Crippen molar-refractivity contribution in [1.29, 1.82) is 0 Å². The molecule has 144 valence electrons. The van der Waals surface area contributed by atoms with E-state index in [1.165, 1.54) is 0 Å². The minimum Gasteiger partial charge on any atom is -0.454 e. The molecular formula is C25H21NO3. The summed E-state index contributed by atoms with van der Waals surface area (Å²) in [6.45, 7) is 2.31. The van der Waals surface area contributed by atoms with E-state index in [9.17, 15) is 4.79 Å². The first-order valence-corrected chi connectivity index (χ1v) is 9.75. The predicted molar refractivity (Wildman–Crippen MR) is 113 cm³/mol. The van der Waals surface area contributed by atoms with Gasteiger partial charge in [-0.15, -0.1) is 0 Å². The molecule has 0 saturated carbocycles. The summed E-state index contributed by atoms with van der Waals surface area (Å²) < 4.78 is 11.1. The molecule has 0 bridgehead atoms. The molecule has 5 rings (SSSR count). The molecule has 0 radical (unpaired) electrons. The second-order valence-electron chi connectivity index (χ2n) is 7.37. The number of aryl methyl sites for hydroxylation is 1. The average molecular weight is 383 g/mol. The van der Waals surface area contributed by atoms with Gasteiger partial charge in [0.25, 0.3) is 0 Å². The molecule has 0 amide bonds. The number of ketones is 1. The van der Waals surface area contributed by atoms with Gasteiger partial charge in [0, 0.05) is 34.5 Å². The van der Waals surface area contributed by atoms with Gasteiger partial charge in [-0.2, -0.15) is 0 Å². The smallest absolute Gasteiger partial charge is 0.231 e. The molecule has 1 N–H and O–H groups in total. The third-order valence-corrected chi connectivity index (χ3v) is 5.58. The van der Waals surface area contributed by atoms with E-state index in [2.05, 4.69) is 24.0 Å². The predicted octanol–water partition coefficient (Wildman–Crippen LogP) is 5.61. The number of H-pyrrole nitrogens is 1. The van der Waals surface area contributed by atoms with E-state index in [1.54, 1.807) is 0 Å². The number of para-hydroxylation sites is 1. The number of hydrogen-bond acceptors (Lipinski definition) is 3. The second-order valence-corrected chi connectivity index (χ2v) is 7.37. The number of aromatic amines is 1. The molecule has 0 fully saturated rings. The highest BCUT2D eigenvalue weighted by Gasteiger charge is 2.26. The first-order chi connectivity index (χ1) is 14.2. The van der Waals surface area contributed by atoms with Gasteiger partial charge in [0.05, 0.1) is 0 Å². The normalized spacial score (nSPS) is 13.6. The average Bonchev–Trinajstić information content (AvgIpc) is 3.35. The van der Waals surface area contributed by atoms with Crippen LogP contribution in [0.15, 0.2) is 72.8 Å². The molecule has 1 aliphatic heterocycles. The van der Waals surface area contributed by atoms with Crippen LogP contribution in [0.1, 0.15) is 39.5 Å². The summed E-state index contributed by atoms with van der Waals surface area (Å²) in [6.07, 6.45) is 0.381. The fourth-order valence-electron chi connectivity index (χ4n) is 4.19. The molecule has 0 aliphatic carbocycles. The third-order valence-electron chi connectivity index (χ3n) is 5.58. The number of rotatable bonds is 5. The standard InChI is InChI=1S/C25H21NO3/c1-16-25(19-9-5-6-10-21(19)26-16)20(14-22(27)17-7-3-2-4-8-17)18-11-12-23-24(13-18)29-15-28-23/h2-13,20,26H,14-15H2,1H3. The van der Waals surface area contributed by atoms with Crippen molar-refractivity contribution in [1.82, 2.24) is 4.98 Å². The zero-order valence-corrected chi connectivity index (χ0v) is 16.1. The van der Waals surface area contributed by atoms with Crippen LogP contribution in [0.3, 0.4) is 0 Å². The summed E-state index contributed by atoms with van der Waals surface area (Å²) in [7, 11) is 0. The Bertz CT molecular complexity index is 1190. The van der Waals surface area contributed by atoms with Crippen LogP contribution >= 0.6 is 0 Å². The molecule has 1 unspecified atom stereocenters. The lowest BCUT2D eigenvalue weighted by atomic mass is 9.84. The number of hydrogen-bond donors (Lipinski definition) is 1. The van der Waals surface area contributed by atoms with Crippen molar-refractivity contribution in [3.8, 4) is 11.5 Å². The van der Waals surface area contributed by atoms with Crippen molar-refractivity contribution in [3.63, 3.8) is 0 Å². The number of aromatic nitrogens is 1. The van der Waals surface area contributed by atoms with Crippen LogP contribution in [-0.4, -0.2) is 17.6 Å². The quantitative estimate of drug-likeness (QED) is 0.456. The Balaban J connectivity index is 1.63. The van der Waals surface area contributed by atoms with Gasteiger partial charge in [-0.3, -0.25) is 4.79 Å². The Morgan fingerprint density at radius 2 is 1.72 bits per heavy atom. The highest BCUT2D eigenvalue weighted by molar-refractivity contribution is 5.97. The molecule has 4 nitrogen and oxygen atoms in total. The van der Waals surface area contributed by atoms with Gasteiger partial charge >= 0.3 is 0 Å².